The number of thioether (sulfide) groups is 1. The maximum absolute atomic E-state index is 13.2. The van der Waals surface area contributed by atoms with Gasteiger partial charge < -0.3 is 10.1 Å². The van der Waals surface area contributed by atoms with Crippen molar-refractivity contribution in [1.29, 1.82) is 0 Å². The fourth-order valence-electron chi connectivity index (χ4n) is 2.86. The molecule has 3 rings (SSSR count). The summed E-state index contributed by atoms with van der Waals surface area (Å²) in [6, 6.07) is 5.95. The first-order chi connectivity index (χ1) is 14.8. The molecule has 0 bridgehead atoms. The van der Waals surface area contributed by atoms with E-state index in [1.54, 1.807) is 22.8 Å². The highest BCUT2D eigenvalue weighted by Gasteiger charge is 2.22. The number of esters is 1. The van der Waals surface area contributed by atoms with E-state index in [1.165, 1.54) is 42.3 Å². The summed E-state index contributed by atoms with van der Waals surface area (Å²) in [4.78, 5) is 25.6. The van der Waals surface area contributed by atoms with Crippen molar-refractivity contribution in [3.63, 3.8) is 0 Å². The predicted octanol–water partition coefficient (Wildman–Crippen LogP) is 4.47. The Morgan fingerprint density at radius 1 is 1.29 bits per heavy atom. The van der Waals surface area contributed by atoms with Gasteiger partial charge >= 0.3 is 5.97 Å². The molecule has 0 saturated carbocycles. The number of allylic oxidation sites excluding steroid dienone is 1. The lowest BCUT2D eigenvalue weighted by Crippen LogP contribution is -2.16. The maximum Gasteiger partial charge on any atom is 0.341 e. The second-order valence-electron chi connectivity index (χ2n) is 6.53. The Hall–Kier alpha value is -2.98. The third-order valence-electron chi connectivity index (χ3n) is 4.49. The highest BCUT2D eigenvalue weighted by Crippen LogP contribution is 2.33. The second kappa shape index (κ2) is 9.88. The molecule has 7 nitrogen and oxygen atoms in total. The van der Waals surface area contributed by atoms with Crippen LogP contribution < -0.4 is 5.32 Å². The molecule has 2 aromatic heterocycles. The van der Waals surface area contributed by atoms with Crippen LogP contribution in [-0.2, 0) is 16.1 Å². The Labute approximate surface area is 187 Å². The molecule has 0 radical (unpaired) electrons. The van der Waals surface area contributed by atoms with Gasteiger partial charge in [-0.2, -0.15) is 0 Å². The molecule has 31 heavy (non-hydrogen) atoms. The number of thiophene rings is 1. The van der Waals surface area contributed by atoms with Crippen LogP contribution in [0.5, 0.6) is 0 Å². The summed E-state index contributed by atoms with van der Waals surface area (Å²) in [6.07, 6.45) is 1.69. The molecule has 0 fully saturated rings. The summed E-state index contributed by atoms with van der Waals surface area (Å²) in [6.45, 7) is 7.88. The topological polar surface area (TPSA) is 86.1 Å². The first-order valence-corrected chi connectivity index (χ1v) is 11.1. The number of nitrogens with zero attached hydrogens (tertiary/aromatic N) is 3. The zero-order valence-electron chi connectivity index (χ0n) is 17.3. The van der Waals surface area contributed by atoms with E-state index in [9.17, 15) is 14.0 Å². The SMILES string of the molecule is C=CCn1c(SCC(=O)Nc2sc(C)c(C)c2C(=O)OC)nnc1-c1ccc(F)cc1. The first kappa shape index (κ1) is 22.7. The van der Waals surface area contributed by atoms with Gasteiger partial charge in [0.05, 0.1) is 18.4 Å². The fourth-order valence-corrected chi connectivity index (χ4v) is 4.67. The number of halogens is 1. The van der Waals surface area contributed by atoms with Crippen LogP contribution in [0, 0.1) is 19.7 Å². The molecule has 0 spiro atoms. The zero-order valence-corrected chi connectivity index (χ0v) is 18.9. The third kappa shape index (κ3) is 5.02. The van der Waals surface area contributed by atoms with Crippen molar-refractivity contribution >= 4 is 40.0 Å². The Bertz CT molecular complexity index is 1120. The predicted molar refractivity (Wildman–Crippen MR) is 120 cm³/mol. The molecule has 0 atom stereocenters. The molecule has 2 heterocycles. The molecule has 0 aliphatic heterocycles. The van der Waals surface area contributed by atoms with Crippen LogP contribution in [0.1, 0.15) is 20.8 Å². The second-order valence-corrected chi connectivity index (χ2v) is 8.70. The summed E-state index contributed by atoms with van der Waals surface area (Å²) < 4.78 is 19.9. The monoisotopic (exact) mass is 460 g/mol. The van der Waals surface area contributed by atoms with Crippen LogP contribution in [0.25, 0.3) is 11.4 Å². The van der Waals surface area contributed by atoms with Crippen LogP contribution in [0.4, 0.5) is 9.39 Å². The number of carbonyl (C=O) groups is 2. The van der Waals surface area contributed by atoms with Crippen LogP contribution in [0.3, 0.4) is 0 Å². The smallest absolute Gasteiger partial charge is 0.341 e. The van der Waals surface area contributed by atoms with E-state index in [2.05, 4.69) is 22.1 Å². The molecule has 1 N–H and O–H groups in total. The highest BCUT2D eigenvalue weighted by atomic mass is 32.2. The zero-order chi connectivity index (χ0) is 22.5. The van der Waals surface area contributed by atoms with Crippen molar-refractivity contribution < 1.29 is 18.7 Å². The molecule has 0 aliphatic carbocycles. The Morgan fingerprint density at radius 3 is 2.65 bits per heavy atom. The van der Waals surface area contributed by atoms with Crippen molar-refractivity contribution in [2.45, 2.75) is 25.5 Å². The van der Waals surface area contributed by atoms with Crippen molar-refractivity contribution in [3.8, 4) is 11.4 Å². The number of hydrogen-bond acceptors (Lipinski definition) is 7. The Balaban J connectivity index is 1.75. The minimum atomic E-state index is -0.487. The normalized spacial score (nSPS) is 10.7. The summed E-state index contributed by atoms with van der Waals surface area (Å²) in [5.41, 5.74) is 1.87. The number of benzene rings is 1. The number of methoxy groups -OCH3 is 1. The molecule has 1 amide bonds. The van der Waals surface area contributed by atoms with Crippen LogP contribution >= 0.6 is 23.1 Å². The van der Waals surface area contributed by atoms with E-state index in [0.717, 1.165) is 10.4 Å². The number of rotatable bonds is 8. The minimum absolute atomic E-state index is 0.0648. The largest absolute Gasteiger partial charge is 0.465 e. The molecule has 0 unspecified atom stereocenters. The van der Waals surface area contributed by atoms with Gasteiger partial charge in [0.2, 0.25) is 5.91 Å². The van der Waals surface area contributed by atoms with Crippen molar-refractivity contribution in [2.24, 2.45) is 0 Å². The van der Waals surface area contributed by atoms with Crippen LogP contribution in [0.15, 0.2) is 42.1 Å². The van der Waals surface area contributed by atoms with Gasteiger partial charge in [-0.1, -0.05) is 17.8 Å². The first-order valence-electron chi connectivity index (χ1n) is 9.26. The average Bonchev–Trinajstić information content (AvgIpc) is 3.27. The lowest BCUT2D eigenvalue weighted by atomic mass is 10.1. The Kier molecular flexibility index (Phi) is 7.24. The molecule has 10 heteroatoms. The molecular formula is C21H21FN4O3S2. The molecule has 1 aromatic carbocycles. The molecular weight excluding hydrogens is 439 g/mol. The number of aromatic nitrogens is 3. The molecule has 0 saturated heterocycles. The molecule has 162 valence electrons. The van der Waals surface area contributed by atoms with Gasteiger partial charge in [0.1, 0.15) is 10.8 Å². The number of nitrogens with one attached hydrogen (secondary N) is 1. The number of aryl methyl sites for hydroxylation is 1. The van der Waals surface area contributed by atoms with Gasteiger partial charge in [-0.3, -0.25) is 9.36 Å². The van der Waals surface area contributed by atoms with E-state index < -0.39 is 5.97 Å². The van der Waals surface area contributed by atoms with E-state index in [4.69, 9.17) is 4.74 Å². The van der Waals surface area contributed by atoms with E-state index in [1.807, 2.05) is 13.8 Å². The van der Waals surface area contributed by atoms with Gasteiger partial charge in [-0.15, -0.1) is 28.1 Å². The number of anilines is 1. The number of carbonyl (C=O) groups excluding carboxylic acids is 2. The summed E-state index contributed by atoms with van der Waals surface area (Å²) in [5.74, 6) is -0.488. The van der Waals surface area contributed by atoms with Gasteiger partial charge in [0, 0.05) is 17.0 Å². The number of hydrogen-bond donors (Lipinski definition) is 1. The van der Waals surface area contributed by atoms with Crippen molar-refractivity contribution in [3.05, 3.63) is 58.7 Å². The van der Waals surface area contributed by atoms with Crippen LogP contribution in [0.2, 0.25) is 0 Å². The number of ether oxygens (including phenoxy) is 1. The van der Waals surface area contributed by atoms with E-state index in [-0.39, 0.29) is 17.5 Å². The standard InChI is InChI=1S/C21H21FN4O3S2/c1-5-10-26-18(14-6-8-15(22)9-7-14)24-25-21(26)30-11-16(27)23-19-17(20(28)29-4)12(2)13(3)31-19/h5-9H,1,10-11H2,2-4H3,(H,23,27). The molecule has 3 aromatic rings. The lowest BCUT2D eigenvalue weighted by Gasteiger charge is -2.08. The Morgan fingerprint density at radius 2 is 2.00 bits per heavy atom. The van der Waals surface area contributed by atoms with Gasteiger partial charge in [0.25, 0.3) is 0 Å². The van der Waals surface area contributed by atoms with Gasteiger partial charge in [-0.05, 0) is 43.7 Å². The van der Waals surface area contributed by atoms with Crippen molar-refractivity contribution in [1.82, 2.24) is 14.8 Å². The number of amides is 1. The average molecular weight is 461 g/mol. The van der Waals surface area contributed by atoms with Gasteiger partial charge in [-0.25, -0.2) is 9.18 Å². The van der Waals surface area contributed by atoms with Gasteiger partial charge in [0.15, 0.2) is 11.0 Å². The summed E-state index contributed by atoms with van der Waals surface area (Å²) in [5, 5.41) is 12.1. The maximum atomic E-state index is 13.2. The minimum Gasteiger partial charge on any atom is -0.465 e. The molecule has 0 aliphatic rings. The highest BCUT2D eigenvalue weighted by molar-refractivity contribution is 7.99. The van der Waals surface area contributed by atoms with Crippen molar-refractivity contribution in [2.75, 3.05) is 18.2 Å². The van der Waals surface area contributed by atoms with E-state index >= 15 is 0 Å². The lowest BCUT2D eigenvalue weighted by molar-refractivity contribution is -0.113. The summed E-state index contributed by atoms with van der Waals surface area (Å²) >= 11 is 2.54. The summed E-state index contributed by atoms with van der Waals surface area (Å²) in [7, 11) is 1.31. The third-order valence-corrected chi connectivity index (χ3v) is 6.58. The van der Waals surface area contributed by atoms with E-state index in [0.29, 0.717) is 33.7 Å². The quantitative estimate of drug-likeness (QED) is 0.303. The van der Waals surface area contributed by atoms with Crippen LogP contribution in [-0.4, -0.2) is 39.5 Å². The fraction of sp³-hybridized carbons (Fsp3) is 0.238.